The topological polar surface area (TPSA) is 113 Å². The summed E-state index contributed by atoms with van der Waals surface area (Å²) in [6, 6.07) is 14.3. The average molecular weight is 436 g/mol. The van der Waals surface area contributed by atoms with Gasteiger partial charge in [-0.25, -0.2) is 13.1 Å². The minimum absolute atomic E-state index is 0.0258. The van der Waals surface area contributed by atoms with Crippen LogP contribution in [-0.2, 0) is 14.8 Å². The Kier molecular flexibility index (Phi) is 4.82. The summed E-state index contributed by atoms with van der Waals surface area (Å²) in [6.07, 6.45) is 4.26. The Hall–Kier alpha value is -3.46. The first-order valence-corrected chi connectivity index (χ1v) is 11.5. The Labute approximate surface area is 179 Å². The van der Waals surface area contributed by atoms with E-state index in [0.29, 0.717) is 13.1 Å². The molecule has 2 atom stereocenters. The summed E-state index contributed by atoms with van der Waals surface area (Å²) < 4.78 is 27.4. The van der Waals surface area contributed by atoms with Crippen molar-refractivity contribution in [3.63, 3.8) is 0 Å². The molecule has 1 fully saturated rings. The minimum atomic E-state index is -3.68. The summed E-state index contributed by atoms with van der Waals surface area (Å²) in [5.74, 6) is 0.219. The van der Waals surface area contributed by atoms with Crippen molar-refractivity contribution in [1.82, 2.24) is 15.0 Å². The molecule has 5 rings (SSSR count). The molecule has 9 heteroatoms. The van der Waals surface area contributed by atoms with Gasteiger partial charge in [0, 0.05) is 35.9 Å². The lowest BCUT2D eigenvalue weighted by Gasteiger charge is -2.09. The van der Waals surface area contributed by atoms with Crippen LogP contribution in [0.5, 0.6) is 0 Å². The fraction of sp³-hybridized carbons (Fsp3) is 0.227. The molecule has 31 heavy (non-hydrogen) atoms. The Balaban J connectivity index is 1.23. The molecule has 1 unspecified atom stereocenters. The number of sulfonamides is 1. The van der Waals surface area contributed by atoms with Crippen LogP contribution >= 0.6 is 0 Å². The van der Waals surface area contributed by atoms with Crippen molar-refractivity contribution in [2.24, 2.45) is 10.9 Å². The lowest BCUT2D eigenvalue weighted by Crippen LogP contribution is -2.38. The van der Waals surface area contributed by atoms with Gasteiger partial charge in [0.2, 0.25) is 11.9 Å². The third-order valence-electron chi connectivity index (χ3n) is 5.56. The number of nitrogens with one attached hydrogen (secondary N) is 3. The molecule has 1 aliphatic carbocycles. The van der Waals surface area contributed by atoms with E-state index < -0.39 is 10.0 Å². The van der Waals surface area contributed by atoms with Gasteiger partial charge in [-0.1, -0.05) is 18.2 Å². The Bertz CT molecular complexity index is 1290. The molecular formula is C22H21N5O3S. The first-order chi connectivity index (χ1) is 15.0. The number of carbonyl (C=O) groups is 1. The summed E-state index contributed by atoms with van der Waals surface area (Å²) >= 11 is 0. The van der Waals surface area contributed by atoms with Crippen LogP contribution in [0.2, 0.25) is 0 Å². The molecule has 0 radical (unpaired) electrons. The molecule has 3 N–H and O–H groups in total. The number of fused-ring (bicyclic) bond motifs is 1. The third kappa shape index (κ3) is 4.09. The van der Waals surface area contributed by atoms with E-state index in [4.69, 9.17) is 0 Å². The molecule has 0 saturated heterocycles. The number of guanidine groups is 1. The van der Waals surface area contributed by atoms with Crippen molar-refractivity contribution < 1.29 is 13.2 Å². The van der Waals surface area contributed by atoms with Crippen molar-refractivity contribution in [2.45, 2.75) is 17.2 Å². The zero-order valence-electron chi connectivity index (χ0n) is 16.6. The van der Waals surface area contributed by atoms with Crippen LogP contribution in [0.15, 0.2) is 70.8 Å². The Morgan fingerprint density at radius 2 is 1.90 bits per heavy atom. The number of hydrogen-bond acceptors (Lipinski definition) is 6. The van der Waals surface area contributed by atoms with Gasteiger partial charge >= 0.3 is 0 Å². The highest BCUT2D eigenvalue weighted by molar-refractivity contribution is 7.90. The quantitative estimate of drug-likeness (QED) is 0.569. The number of rotatable bonds is 5. The average Bonchev–Trinajstić information content (AvgIpc) is 3.43. The molecule has 2 aromatic carbocycles. The number of pyridine rings is 1. The van der Waals surface area contributed by atoms with Crippen LogP contribution in [0.3, 0.4) is 0 Å². The van der Waals surface area contributed by atoms with Crippen LogP contribution in [-0.4, -0.2) is 38.4 Å². The first-order valence-electron chi connectivity index (χ1n) is 10.1. The van der Waals surface area contributed by atoms with Crippen molar-refractivity contribution in [2.75, 3.05) is 18.4 Å². The highest BCUT2D eigenvalue weighted by atomic mass is 32.2. The van der Waals surface area contributed by atoms with E-state index in [-0.39, 0.29) is 28.6 Å². The SMILES string of the molecule is O=C(Nc1ccc2cnccc2c1)[C@@H]1CC1c1ccc(S(=O)(=O)NC2=NCCN2)cc1. The number of amides is 1. The van der Waals surface area contributed by atoms with Crippen molar-refractivity contribution in [1.29, 1.82) is 0 Å². The summed E-state index contributed by atoms with van der Waals surface area (Å²) in [7, 11) is -3.68. The van der Waals surface area contributed by atoms with Crippen LogP contribution in [0.4, 0.5) is 5.69 Å². The lowest BCUT2D eigenvalue weighted by molar-refractivity contribution is -0.117. The molecule has 2 heterocycles. The van der Waals surface area contributed by atoms with Gasteiger partial charge in [0.15, 0.2) is 0 Å². The van der Waals surface area contributed by atoms with Gasteiger partial charge in [0.25, 0.3) is 10.0 Å². The molecule has 1 aromatic heterocycles. The monoisotopic (exact) mass is 435 g/mol. The summed E-state index contributed by atoms with van der Waals surface area (Å²) in [5, 5.41) is 7.91. The summed E-state index contributed by atoms with van der Waals surface area (Å²) in [6.45, 7) is 1.18. The first kappa shape index (κ1) is 19.5. The smallest absolute Gasteiger partial charge is 0.264 e. The highest BCUT2D eigenvalue weighted by Crippen LogP contribution is 2.48. The molecule has 3 aromatic rings. The Morgan fingerprint density at radius 3 is 2.68 bits per heavy atom. The highest BCUT2D eigenvalue weighted by Gasteiger charge is 2.44. The maximum atomic E-state index is 12.7. The maximum Gasteiger partial charge on any atom is 0.264 e. The number of aliphatic imine (C=N–C) groups is 1. The maximum absolute atomic E-state index is 12.7. The van der Waals surface area contributed by atoms with Gasteiger partial charge < -0.3 is 10.6 Å². The summed E-state index contributed by atoms with van der Waals surface area (Å²) in [4.78, 5) is 21.0. The van der Waals surface area contributed by atoms with Crippen LogP contribution < -0.4 is 15.4 Å². The molecule has 0 spiro atoms. The predicted molar refractivity (Wildman–Crippen MR) is 118 cm³/mol. The fourth-order valence-corrected chi connectivity index (χ4v) is 4.80. The second-order valence-corrected chi connectivity index (χ2v) is 9.39. The van der Waals surface area contributed by atoms with E-state index in [1.165, 1.54) is 0 Å². The van der Waals surface area contributed by atoms with Crippen molar-refractivity contribution in [3.05, 3.63) is 66.5 Å². The van der Waals surface area contributed by atoms with Crippen LogP contribution in [0, 0.1) is 5.92 Å². The predicted octanol–water partition coefficient (Wildman–Crippen LogP) is 2.21. The van der Waals surface area contributed by atoms with Gasteiger partial charge in [0.05, 0.1) is 11.4 Å². The van der Waals surface area contributed by atoms with Gasteiger partial charge in [-0.2, -0.15) is 0 Å². The second-order valence-electron chi connectivity index (χ2n) is 7.71. The molecule has 1 aliphatic heterocycles. The standard InChI is InChI=1S/C22H21N5O3S/c28-21(26-17-4-1-16-13-23-8-7-15(16)11-17)20-12-19(20)14-2-5-18(6-3-14)31(29,30)27-22-24-9-10-25-22/h1-8,11,13,19-20H,9-10,12H2,(H,26,28)(H2,24,25,27)/t19?,20-/m1/s1. The van der Waals surface area contributed by atoms with Gasteiger partial charge in [-0.15, -0.1) is 0 Å². The zero-order valence-corrected chi connectivity index (χ0v) is 17.4. The van der Waals surface area contributed by atoms with Crippen molar-refractivity contribution in [3.8, 4) is 0 Å². The molecular weight excluding hydrogens is 414 g/mol. The van der Waals surface area contributed by atoms with Crippen LogP contribution in [0.25, 0.3) is 10.8 Å². The largest absolute Gasteiger partial charge is 0.354 e. The minimum Gasteiger partial charge on any atom is -0.354 e. The number of aromatic nitrogens is 1. The number of hydrogen-bond donors (Lipinski definition) is 3. The van der Waals surface area contributed by atoms with E-state index in [1.807, 2.05) is 24.3 Å². The van der Waals surface area contributed by atoms with Gasteiger partial charge in [0.1, 0.15) is 0 Å². The molecule has 1 saturated carbocycles. The van der Waals surface area contributed by atoms with E-state index in [1.54, 1.807) is 36.7 Å². The zero-order chi connectivity index (χ0) is 21.4. The fourth-order valence-electron chi connectivity index (χ4n) is 3.80. The normalized spacial score (nSPS) is 20.1. The second kappa shape index (κ2) is 7.66. The molecule has 8 nitrogen and oxygen atoms in total. The van der Waals surface area contributed by atoms with E-state index in [9.17, 15) is 13.2 Å². The van der Waals surface area contributed by atoms with Crippen LogP contribution in [0.1, 0.15) is 17.9 Å². The number of benzene rings is 2. The van der Waals surface area contributed by atoms with Crippen molar-refractivity contribution >= 4 is 38.3 Å². The molecule has 2 aliphatic rings. The Morgan fingerprint density at radius 1 is 1.06 bits per heavy atom. The van der Waals surface area contributed by atoms with E-state index in [0.717, 1.165) is 28.4 Å². The van der Waals surface area contributed by atoms with E-state index >= 15 is 0 Å². The molecule has 158 valence electrons. The molecule has 1 amide bonds. The lowest BCUT2D eigenvalue weighted by atomic mass is 10.1. The van der Waals surface area contributed by atoms with Gasteiger partial charge in [-0.3, -0.25) is 14.8 Å². The van der Waals surface area contributed by atoms with Gasteiger partial charge in [-0.05, 0) is 53.6 Å². The number of anilines is 1. The number of carbonyl (C=O) groups excluding carboxylic acids is 1. The van der Waals surface area contributed by atoms with E-state index in [2.05, 4.69) is 25.3 Å². The third-order valence-corrected chi connectivity index (χ3v) is 6.91. The number of nitrogens with zero attached hydrogens (tertiary/aromatic N) is 2. The molecule has 0 bridgehead atoms. The summed E-state index contributed by atoms with van der Waals surface area (Å²) in [5.41, 5.74) is 1.71.